The van der Waals surface area contributed by atoms with Crippen molar-refractivity contribution in [1.82, 2.24) is 0 Å². The molecule has 1 saturated heterocycles. The summed E-state index contributed by atoms with van der Waals surface area (Å²) < 4.78 is 11.8. The number of hydrogen-bond donors (Lipinski definition) is 0. The van der Waals surface area contributed by atoms with Gasteiger partial charge in [0, 0.05) is 18.9 Å². The third kappa shape index (κ3) is 1.79. The Morgan fingerprint density at radius 1 is 1.17 bits per heavy atom. The maximum absolute atomic E-state index is 5.98. The third-order valence-corrected chi connectivity index (χ3v) is 4.95. The highest BCUT2D eigenvalue weighted by Crippen LogP contribution is 2.57. The van der Waals surface area contributed by atoms with Gasteiger partial charge in [-0.05, 0) is 37.7 Å². The fraction of sp³-hybridized carbons (Fsp3) is 0.625. The van der Waals surface area contributed by atoms with Gasteiger partial charge in [-0.1, -0.05) is 30.3 Å². The lowest BCUT2D eigenvalue weighted by Gasteiger charge is -2.38. The van der Waals surface area contributed by atoms with Gasteiger partial charge in [-0.2, -0.15) is 0 Å². The molecule has 1 aliphatic carbocycles. The normalized spacial score (nSPS) is 34.7. The average molecular weight is 246 g/mol. The Bertz CT molecular complexity index is 389. The van der Waals surface area contributed by atoms with Crippen LogP contribution in [0.5, 0.6) is 0 Å². The molecule has 1 saturated carbocycles. The summed E-state index contributed by atoms with van der Waals surface area (Å²) in [5.41, 5.74) is 1.69. The number of methoxy groups -OCH3 is 1. The van der Waals surface area contributed by atoms with Gasteiger partial charge in [0.1, 0.15) is 0 Å². The van der Waals surface area contributed by atoms with E-state index in [-0.39, 0.29) is 11.2 Å². The molecular formula is C16H22O2. The highest BCUT2D eigenvalue weighted by Gasteiger charge is 2.59. The van der Waals surface area contributed by atoms with Crippen LogP contribution in [0.15, 0.2) is 30.3 Å². The van der Waals surface area contributed by atoms with E-state index < -0.39 is 0 Å². The Morgan fingerprint density at radius 3 is 2.78 bits per heavy atom. The van der Waals surface area contributed by atoms with Gasteiger partial charge in [-0.15, -0.1) is 0 Å². The average Bonchev–Trinajstić information content (AvgIpc) is 2.93. The number of aryl methyl sites for hydroxylation is 1. The topological polar surface area (TPSA) is 18.5 Å². The summed E-state index contributed by atoms with van der Waals surface area (Å²) in [5, 5.41) is 0. The number of rotatable bonds is 4. The van der Waals surface area contributed by atoms with Crippen molar-refractivity contribution in [3.63, 3.8) is 0 Å². The molecule has 98 valence electrons. The molecule has 0 amide bonds. The van der Waals surface area contributed by atoms with Crippen LogP contribution in [0.1, 0.15) is 37.7 Å². The van der Waals surface area contributed by atoms with Crippen molar-refractivity contribution in [2.45, 2.75) is 44.3 Å². The standard InChI is InChI=1S/C16H22O2/c1-17-16-10-5-9-15(16,12-13-18-16)11-8-14-6-3-2-4-7-14/h2-4,6-7H,5,8-13H2,1H3. The van der Waals surface area contributed by atoms with Gasteiger partial charge in [0.05, 0.1) is 6.61 Å². The Labute approximate surface area is 109 Å². The molecule has 0 spiro atoms. The van der Waals surface area contributed by atoms with E-state index in [0.717, 1.165) is 25.9 Å². The van der Waals surface area contributed by atoms with E-state index in [1.165, 1.54) is 24.8 Å². The van der Waals surface area contributed by atoms with Crippen LogP contribution in [0.4, 0.5) is 0 Å². The summed E-state index contributed by atoms with van der Waals surface area (Å²) >= 11 is 0. The second kappa shape index (κ2) is 4.67. The summed E-state index contributed by atoms with van der Waals surface area (Å²) in [4.78, 5) is 0. The van der Waals surface area contributed by atoms with Crippen LogP contribution in [0.25, 0.3) is 0 Å². The van der Waals surface area contributed by atoms with Crippen LogP contribution in [0.3, 0.4) is 0 Å². The number of ether oxygens (including phenoxy) is 2. The molecule has 3 rings (SSSR count). The van der Waals surface area contributed by atoms with Gasteiger partial charge in [0.25, 0.3) is 0 Å². The van der Waals surface area contributed by atoms with Crippen molar-refractivity contribution in [3.8, 4) is 0 Å². The van der Waals surface area contributed by atoms with Gasteiger partial charge in [0.2, 0.25) is 0 Å². The van der Waals surface area contributed by atoms with Crippen LogP contribution in [0, 0.1) is 5.41 Å². The molecule has 2 aliphatic rings. The summed E-state index contributed by atoms with van der Waals surface area (Å²) in [6, 6.07) is 10.8. The van der Waals surface area contributed by atoms with Gasteiger partial charge in [-0.3, -0.25) is 0 Å². The van der Waals surface area contributed by atoms with Crippen molar-refractivity contribution < 1.29 is 9.47 Å². The minimum atomic E-state index is -0.276. The van der Waals surface area contributed by atoms with Gasteiger partial charge >= 0.3 is 0 Å². The largest absolute Gasteiger partial charge is 0.353 e. The van der Waals surface area contributed by atoms with E-state index in [1.807, 2.05) is 7.11 Å². The van der Waals surface area contributed by atoms with Gasteiger partial charge < -0.3 is 9.47 Å². The first kappa shape index (κ1) is 12.2. The maximum Gasteiger partial charge on any atom is 0.173 e. The lowest BCUT2D eigenvalue weighted by atomic mass is 9.75. The Hall–Kier alpha value is -0.860. The Kier molecular flexibility index (Phi) is 3.16. The number of benzene rings is 1. The zero-order valence-corrected chi connectivity index (χ0v) is 11.2. The molecular weight excluding hydrogens is 224 g/mol. The quantitative estimate of drug-likeness (QED) is 0.809. The predicted molar refractivity (Wildman–Crippen MR) is 71.4 cm³/mol. The molecule has 2 fully saturated rings. The Balaban J connectivity index is 1.75. The fourth-order valence-electron chi connectivity index (χ4n) is 3.91. The van der Waals surface area contributed by atoms with Crippen LogP contribution < -0.4 is 0 Å². The summed E-state index contributed by atoms with van der Waals surface area (Å²) in [5.74, 6) is -0.276. The molecule has 1 aromatic carbocycles. The van der Waals surface area contributed by atoms with E-state index >= 15 is 0 Å². The lowest BCUT2D eigenvalue weighted by molar-refractivity contribution is -0.233. The van der Waals surface area contributed by atoms with E-state index in [0.29, 0.717) is 0 Å². The molecule has 0 bridgehead atoms. The SMILES string of the molecule is COC12CCCC1(CCc1ccccc1)CCO2. The van der Waals surface area contributed by atoms with Crippen molar-refractivity contribution >= 4 is 0 Å². The highest BCUT2D eigenvalue weighted by atomic mass is 16.7. The second-order valence-electron chi connectivity index (χ2n) is 5.67. The molecule has 18 heavy (non-hydrogen) atoms. The third-order valence-electron chi connectivity index (χ3n) is 4.95. The highest BCUT2D eigenvalue weighted by molar-refractivity contribution is 5.16. The first-order valence-corrected chi connectivity index (χ1v) is 7.03. The predicted octanol–water partition coefficient (Wildman–Crippen LogP) is 3.55. The van der Waals surface area contributed by atoms with Gasteiger partial charge in [-0.25, -0.2) is 0 Å². The summed E-state index contributed by atoms with van der Waals surface area (Å²) in [7, 11) is 1.81. The molecule has 1 aromatic rings. The molecule has 0 radical (unpaired) electrons. The smallest absolute Gasteiger partial charge is 0.173 e. The van der Waals surface area contributed by atoms with E-state index in [9.17, 15) is 0 Å². The van der Waals surface area contributed by atoms with E-state index in [1.54, 1.807) is 0 Å². The zero-order chi connectivity index (χ0) is 12.5. The van der Waals surface area contributed by atoms with Crippen LogP contribution in [0.2, 0.25) is 0 Å². The van der Waals surface area contributed by atoms with Crippen LogP contribution in [-0.4, -0.2) is 19.5 Å². The van der Waals surface area contributed by atoms with Crippen molar-refractivity contribution in [2.24, 2.45) is 5.41 Å². The first-order valence-electron chi connectivity index (χ1n) is 7.03. The minimum absolute atomic E-state index is 0.261. The van der Waals surface area contributed by atoms with Crippen LogP contribution in [-0.2, 0) is 15.9 Å². The monoisotopic (exact) mass is 246 g/mol. The molecule has 2 nitrogen and oxygen atoms in total. The molecule has 1 heterocycles. The second-order valence-corrected chi connectivity index (χ2v) is 5.67. The summed E-state index contributed by atoms with van der Waals surface area (Å²) in [6.45, 7) is 0.864. The lowest BCUT2D eigenvalue weighted by Crippen LogP contribution is -2.42. The molecule has 2 heteroatoms. The van der Waals surface area contributed by atoms with Crippen LogP contribution >= 0.6 is 0 Å². The fourth-order valence-corrected chi connectivity index (χ4v) is 3.91. The molecule has 1 aliphatic heterocycles. The number of hydrogen-bond acceptors (Lipinski definition) is 2. The Morgan fingerprint density at radius 2 is 2.00 bits per heavy atom. The van der Waals surface area contributed by atoms with E-state index in [2.05, 4.69) is 30.3 Å². The molecule has 2 unspecified atom stereocenters. The number of fused-ring (bicyclic) bond motifs is 1. The van der Waals surface area contributed by atoms with Gasteiger partial charge in [0.15, 0.2) is 5.79 Å². The first-order chi connectivity index (χ1) is 8.80. The molecule has 0 N–H and O–H groups in total. The van der Waals surface area contributed by atoms with Crippen molar-refractivity contribution in [3.05, 3.63) is 35.9 Å². The zero-order valence-electron chi connectivity index (χ0n) is 11.2. The molecule has 2 atom stereocenters. The van der Waals surface area contributed by atoms with E-state index in [4.69, 9.17) is 9.47 Å². The maximum atomic E-state index is 5.98. The van der Waals surface area contributed by atoms with Crippen molar-refractivity contribution in [2.75, 3.05) is 13.7 Å². The summed E-state index contributed by atoms with van der Waals surface area (Å²) in [6.07, 6.45) is 7.04. The molecule has 0 aromatic heterocycles. The minimum Gasteiger partial charge on any atom is -0.353 e. The van der Waals surface area contributed by atoms with Crippen molar-refractivity contribution in [1.29, 1.82) is 0 Å².